The minimum absolute atomic E-state index is 0.139. The van der Waals surface area contributed by atoms with E-state index in [1.165, 1.54) is 0 Å². The van der Waals surface area contributed by atoms with Crippen LogP contribution in [0, 0.1) is 11.3 Å². The van der Waals surface area contributed by atoms with Gasteiger partial charge in [0.1, 0.15) is 5.75 Å². The van der Waals surface area contributed by atoms with Crippen LogP contribution in [0.15, 0.2) is 59.0 Å². The number of nitrogens with zero attached hydrogens (tertiary/aromatic N) is 3. The van der Waals surface area contributed by atoms with Crippen molar-refractivity contribution in [3.05, 3.63) is 66.1 Å². The maximum Gasteiger partial charge on any atom is 0.347 e. The number of carbonyl (C=O) groups excluding carboxylic acids is 1. The smallest absolute Gasteiger partial charge is 0.347 e. The number of ether oxygens (including phenoxy) is 2. The Balaban J connectivity index is 1.53. The summed E-state index contributed by atoms with van der Waals surface area (Å²) in [7, 11) is 0. The average Bonchev–Trinajstić information content (AvgIpc) is 3.16. The van der Waals surface area contributed by atoms with Gasteiger partial charge in [-0.3, -0.25) is 0 Å². The van der Waals surface area contributed by atoms with Crippen molar-refractivity contribution in [2.45, 2.75) is 19.6 Å². The van der Waals surface area contributed by atoms with Gasteiger partial charge in [-0.25, -0.2) is 4.79 Å². The third-order valence-corrected chi connectivity index (χ3v) is 3.45. The Morgan fingerprint density at radius 3 is 2.58 bits per heavy atom. The highest BCUT2D eigenvalue weighted by atomic mass is 16.6. The van der Waals surface area contributed by atoms with Gasteiger partial charge in [-0.05, 0) is 43.3 Å². The zero-order chi connectivity index (χ0) is 18.4. The fraction of sp³-hybridized carbons (Fsp3) is 0.158. The van der Waals surface area contributed by atoms with Crippen LogP contribution in [0.5, 0.6) is 5.75 Å². The van der Waals surface area contributed by atoms with E-state index in [1.807, 2.05) is 36.4 Å². The van der Waals surface area contributed by atoms with Crippen LogP contribution >= 0.6 is 0 Å². The first kappa shape index (κ1) is 17.2. The standard InChI is InChI=1S/C19H15N3O4/c1-13(25-16-9-7-14(11-20)8-10-16)19(23)24-12-17-21-22-18(26-17)15-5-3-2-4-6-15/h2-10,13H,12H2,1H3/t13-/m1/s1. The Labute approximate surface area is 149 Å². The van der Waals surface area contributed by atoms with Gasteiger partial charge in [0, 0.05) is 5.56 Å². The monoisotopic (exact) mass is 349 g/mol. The van der Waals surface area contributed by atoms with E-state index in [9.17, 15) is 4.79 Å². The molecule has 3 aromatic rings. The van der Waals surface area contributed by atoms with Crippen molar-refractivity contribution in [2.75, 3.05) is 0 Å². The largest absolute Gasteiger partial charge is 0.479 e. The molecule has 2 aromatic carbocycles. The molecule has 26 heavy (non-hydrogen) atoms. The number of carbonyl (C=O) groups is 1. The van der Waals surface area contributed by atoms with Gasteiger partial charge in [0.15, 0.2) is 12.7 Å². The molecule has 7 heteroatoms. The van der Waals surface area contributed by atoms with Crippen LogP contribution in [0.25, 0.3) is 11.5 Å². The van der Waals surface area contributed by atoms with E-state index in [2.05, 4.69) is 10.2 Å². The first-order valence-corrected chi connectivity index (χ1v) is 7.87. The molecule has 0 saturated heterocycles. The zero-order valence-corrected chi connectivity index (χ0v) is 14.0. The third-order valence-electron chi connectivity index (χ3n) is 3.45. The minimum Gasteiger partial charge on any atom is -0.479 e. The Kier molecular flexibility index (Phi) is 5.25. The molecule has 7 nitrogen and oxygen atoms in total. The second kappa shape index (κ2) is 7.94. The molecule has 0 unspecified atom stereocenters. The van der Waals surface area contributed by atoms with Gasteiger partial charge in [0.2, 0.25) is 5.89 Å². The lowest BCUT2D eigenvalue weighted by Crippen LogP contribution is -2.26. The van der Waals surface area contributed by atoms with E-state index < -0.39 is 12.1 Å². The predicted molar refractivity (Wildman–Crippen MR) is 90.8 cm³/mol. The molecule has 0 radical (unpaired) electrons. The number of rotatable bonds is 6. The van der Waals surface area contributed by atoms with Crippen LogP contribution in [-0.2, 0) is 16.1 Å². The zero-order valence-electron chi connectivity index (χ0n) is 14.0. The number of hydrogen-bond donors (Lipinski definition) is 0. The van der Waals surface area contributed by atoms with Crippen molar-refractivity contribution < 1.29 is 18.7 Å². The normalized spacial score (nSPS) is 11.4. The number of hydrogen-bond acceptors (Lipinski definition) is 7. The van der Waals surface area contributed by atoms with Crippen molar-refractivity contribution in [2.24, 2.45) is 0 Å². The van der Waals surface area contributed by atoms with Gasteiger partial charge in [-0.15, -0.1) is 10.2 Å². The Morgan fingerprint density at radius 1 is 1.15 bits per heavy atom. The fourth-order valence-corrected chi connectivity index (χ4v) is 2.12. The molecule has 1 aromatic heterocycles. The lowest BCUT2D eigenvalue weighted by Gasteiger charge is -2.13. The Bertz CT molecular complexity index is 914. The molecule has 3 rings (SSSR count). The van der Waals surface area contributed by atoms with E-state index in [4.69, 9.17) is 19.2 Å². The summed E-state index contributed by atoms with van der Waals surface area (Å²) in [6.45, 7) is 1.43. The molecule has 130 valence electrons. The SMILES string of the molecule is C[C@@H](Oc1ccc(C#N)cc1)C(=O)OCc1nnc(-c2ccccc2)o1. The lowest BCUT2D eigenvalue weighted by molar-refractivity contribution is -0.153. The maximum absolute atomic E-state index is 12.0. The van der Waals surface area contributed by atoms with E-state index in [0.717, 1.165) is 5.56 Å². The van der Waals surface area contributed by atoms with Gasteiger partial charge >= 0.3 is 5.97 Å². The molecule has 0 aliphatic heterocycles. The van der Waals surface area contributed by atoms with Crippen molar-refractivity contribution >= 4 is 5.97 Å². The quantitative estimate of drug-likeness (QED) is 0.630. The summed E-state index contributed by atoms with van der Waals surface area (Å²) < 4.78 is 16.1. The highest BCUT2D eigenvalue weighted by Crippen LogP contribution is 2.18. The maximum atomic E-state index is 12.0. The summed E-state index contributed by atoms with van der Waals surface area (Å²) >= 11 is 0. The lowest BCUT2D eigenvalue weighted by atomic mass is 10.2. The van der Waals surface area contributed by atoms with E-state index in [1.54, 1.807) is 31.2 Å². The van der Waals surface area contributed by atoms with Crippen LogP contribution in [0.4, 0.5) is 0 Å². The van der Waals surface area contributed by atoms with Crippen LogP contribution in [0.1, 0.15) is 18.4 Å². The Hall–Kier alpha value is -3.66. The first-order valence-electron chi connectivity index (χ1n) is 7.87. The summed E-state index contributed by atoms with van der Waals surface area (Å²) in [5, 5.41) is 16.6. The molecular weight excluding hydrogens is 334 g/mol. The van der Waals surface area contributed by atoms with Gasteiger partial charge in [-0.2, -0.15) is 5.26 Å². The minimum atomic E-state index is -0.820. The number of nitriles is 1. The highest BCUT2D eigenvalue weighted by molar-refractivity contribution is 5.74. The summed E-state index contributed by atoms with van der Waals surface area (Å²) in [6.07, 6.45) is -0.820. The topological polar surface area (TPSA) is 98.2 Å². The van der Waals surface area contributed by atoms with Crippen LogP contribution in [0.3, 0.4) is 0 Å². The molecule has 0 saturated carbocycles. The van der Waals surface area contributed by atoms with Crippen molar-refractivity contribution in [1.29, 1.82) is 5.26 Å². The first-order chi connectivity index (χ1) is 12.7. The van der Waals surface area contributed by atoms with Crippen LogP contribution < -0.4 is 4.74 Å². The molecule has 0 aliphatic carbocycles. The van der Waals surface area contributed by atoms with E-state index >= 15 is 0 Å². The molecule has 0 amide bonds. The molecule has 0 fully saturated rings. The molecular formula is C19H15N3O4. The summed E-state index contributed by atoms with van der Waals surface area (Å²) in [6, 6.07) is 17.8. The van der Waals surface area contributed by atoms with Gasteiger partial charge < -0.3 is 13.9 Å². The Morgan fingerprint density at radius 2 is 1.88 bits per heavy atom. The molecule has 0 bridgehead atoms. The summed E-state index contributed by atoms with van der Waals surface area (Å²) in [4.78, 5) is 12.0. The molecule has 1 heterocycles. The van der Waals surface area contributed by atoms with Gasteiger partial charge in [0.25, 0.3) is 5.89 Å². The fourth-order valence-electron chi connectivity index (χ4n) is 2.12. The molecule has 0 spiro atoms. The van der Waals surface area contributed by atoms with Crippen molar-refractivity contribution in [3.8, 4) is 23.3 Å². The van der Waals surface area contributed by atoms with E-state index in [0.29, 0.717) is 17.2 Å². The second-order valence-corrected chi connectivity index (χ2v) is 5.37. The summed E-state index contributed by atoms with van der Waals surface area (Å²) in [5.74, 6) is 0.465. The van der Waals surface area contributed by atoms with E-state index in [-0.39, 0.29) is 12.5 Å². The van der Waals surface area contributed by atoms with Crippen LogP contribution in [-0.4, -0.2) is 22.3 Å². The number of benzene rings is 2. The summed E-state index contributed by atoms with van der Waals surface area (Å²) in [5.41, 5.74) is 1.30. The molecule has 0 aliphatic rings. The number of aromatic nitrogens is 2. The number of esters is 1. The molecule has 1 atom stereocenters. The van der Waals surface area contributed by atoms with Crippen LogP contribution in [0.2, 0.25) is 0 Å². The average molecular weight is 349 g/mol. The van der Waals surface area contributed by atoms with Crippen molar-refractivity contribution in [1.82, 2.24) is 10.2 Å². The van der Waals surface area contributed by atoms with Gasteiger partial charge in [-0.1, -0.05) is 18.2 Å². The predicted octanol–water partition coefficient (Wildman–Crippen LogP) is 3.12. The highest BCUT2D eigenvalue weighted by Gasteiger charge is 2.18. The molecule has 0 N–H and O–H groups in total. The van der Waals surface area contributed by atoms with Gasteiger partial charge in [0.05, 0.1) is 11.6 Å². The third kappa shape index (κ3) is 4.24. The van der Waals surface area contributed by atoms with Crippen molar-refractivity contribution in [3.63, 3.8) is 0 Å². The second-order valence-electron chi connectivity index (χ2n) is 5.37.